The average Bonchev–Trinajstić information content (AvgIpc) is 2.94. The highest BCUT2D eigenvalue weighted by Crippen LogP contribution is 2.31. The molecule has 0 heterocycles. The first-order valence-corrected chi connectivity index (χ1v) is 7.05. The van der Waals surface area contributed by atoms with Gasteiger partial charge in [-0.3, -0.25) is 4.72 Å². The van der Waals surface area contributed by atoms with Gasteiger partial charge in [0, 0.05) is 0 Å². The molecule has 6 heteroatoms. The number of anilines is 2. The lowest BCUT2D eigenvalue weighted by Crippen LogP contribution is -2.17. The molecule has 88 valence electrons. The fourth-order valence-corrected chi connectivity index (χ4v) is 3.11. The number of hydrogen-bond acceptors (Lipinski definition) is 3. The van der Waals surface area contributed by atoms with E-state index in [2.05, 4.69) is 4.72 Å². The molecule has 0 amide bonds. The molecule has 0 radical (unpaired) electrons. The second-order valence-electron chi connectivity index (χ2n) is 4.06. The van der Waals surface area contributed by atoms with E-state index in [9.17, 15) is 8.42 Å². The number of sulfonamides is 1. The van der Waals surface area contributed by atoms with Gasteiger partial charge in [-0.15, -0.1) is 0 Å². The van der Waals surface area contributed by atoms with Crippen LogP contribution in [0.2, 0.25) is 5.02 Å². The van der Waals surface area contributed by atoms with Gasteiger partial charge >= 0.3 is 0 Å². The molecule has 3 N–H and O–H groups in total. The molecule has 4 nitrogen and oxygen atoms in total. The minimum atomic E-state index is -3.25. The van der Waals surface area contributed by atoms with E-state index in [1.54, 1.807) is 12.1 Å². The van der Waals surface area contributed by atoms with Crippen LogP contribution >= 0.6 is 11.6 Å². The van der Waals surface area contributed by atoms with Crippen LogP contribution < -0.4 is 10.5 Å². The Morgan fingerprint density at radius 3 is 2.69 bits per heavy atom. The zero-order valence-electron chi connectivity index (χ0n) is 8.61. The molecular weight excluding hydrogens is 248 g/mol. The molecule has 1 aromatic rings. The molecule has 2 rings (SSSR count). The Morgan fingerprint density at radius 1 is 1.44 bits per heavy atom. The van der Waals surface area contributed by atoms with Crippen LogP contribution in [0.4, 0.5) is 11.4 Å². The van der Waals surface area contributed by atoms with Crippen molar-refractivity contribution >= 4 is 33.0 Å². The molecule has 1 aromatic carbocycles. The third kappa shape index (κ3) is 3.02. The molecule has 1 fully saturated rings. The lowest BCUT2D eigenvalue weighted by atomic mass is 10.3. The average molecular weight is 261 g/mol. The van der Waals surface area contributed by atoms with Crippen molar-refractivity contribution in [3.8, 4) is 0 Å². The molecule has 0 unspecified atom stereocenters. The predicted molar refractivity (Wildman–Crippen MR) is 66.0 cm³/mol. The number of hydrogen-bond donors (Lipinski definition) is 2. The summed E-state index contributed by atoms with van der Waals surface area (Å²) in [6.07, 6.45) is 2.01. The minimum Gasteiger partial charge on any atom is -0.398 e. The highest BCUT2D eigenvalue weighted by molar-refractivity contribution is 7.92. The van der Waals surface area contributed by atoms with Crippen LogP contribution in [0.25, 0.3) is 0 Å². The zero-order valence-corrected chi connectivity index (χ0v) is 10.2. The Bertz CT molecular complexity index is 498. The van der Waals surface area contributed by atoms with Gasteiger partial charge in [-0.05, 0) is 37.0 Å². The SMILES string of the molecule is Nc1ccc(NS(=O)(=O)CC2CC2)cc1Cl. The molecule has 1 aliphatic rings. The van der Waals surface area contributed by atoms with E-state index >= 15 is 0 Å². The highest BCUT2D eigenvalue weighted by Gasteiger charge is 2.27. The third-order valence-corrected chi connectivity index (χ3v) is 4.21. The topological polar surface area (TPSA) is 72.2 Å². The fraction of sp³-hybridized carbons (Fsp3) is 0.400. The normalized spacial score (nSPS) is 16.1. The van der Waals surface area contributed by atoms with Crippen molar-refractivity contribution in [2.45, 2.75) is 12.8 Å². The Kier molecular flexibility index (Phi) is 2.99. The van der Waals surface area contributed by atoms with Gasteiger partial charge in [-0.25, -0.2) is 8.42 Å². The summed E-state index contributed by atoms with van der Waals surface area (Å²) in [5.41, 5.74) is 6.43. The van der Waals surface area contributed by atoms with Crippen LogP contribution in [0.15, 0.2) is 18.2 Å². The van der Waals surface area contributed by atoms with Gasteiger partial charge in [-0.2, -0.15) is 0 Å². The summed E-state index contributed by atoms with van der Waals surface area (Å²) in [7, 11) is -3.25. The van der Waals surface area contributed by atoms with E-state index in [0.29, 0.717) is 22.3 Å². The van der Waals surface area contributed by atoms with Gasteiger partial charge in [0.2, 0.25) is 10.0 Å². The monoisotopic (exact) mass is 260 g/mol. The Hall–Kier alpha value is -0.940. The van der Waals surface area contributed by atoms with E-state index < -0.39 is 10.0 Å². The lowest BCUT2D eigenvalue weighted by molar-refractivity contribution is 0.597. The second kappa shape index (κ2) is 4.14. The second-order valence-corrected chi connectivity index (χ2v) is 6.24. The van der Waals surface area contributed by atoms with E-state index in [0.717, 1.165) is 12.8 Å². The van der Waals surface area contributed by atoms with Crippen LogP contribution in [-0.4, -0.2) is 14.2 Å². The van der Waals surface area contributed by atoms with Crippen molar-refractivity contribution in [1.29, 1.82) is 0 Å². The Morgan fingerprint density at radius 2 is 2.12 bits per heavy atom. The molecule has 0 bridgehead atoms. The largest absolute Gasteiger partial charge is 0.398 e. The van der Waals surface area contributed by atoms with Crippen LogP contribution in [0.3, 0.4) is 0 Å². The van der Waals surface area contributed by atoms with E-state index in [1.807, 2.05) is 0 Å². The molecule has 1 aliphatic carbocycles. The van der Waals surface area contributed by atoms with Gasteiger partial charge in [0.15, 0.2) is 0 Å². The summed E-state index contributed by atoms with van der Waals surface area (Å²) in [6, 6.07) is 4.70. The van der Waals surface area contributed by atoms with E-state index in [4.69, 9.17) is 17.3 Å². The molecule has 0 aliphatic heterocycles. The van der Waals surface area contributed by atoms with Crippen molar-refractivity contribution in [1.82, 2.24) is 0 Å². The summed E-state index contributed by atoms with van der Waals surface area (Å²) in [5, 5.41) is 0.353. The summed E-state index contributed by atoms with van der Waals surface area (Å²) in [4.78, 5) is 0. The maximum absolute atomic E-state index is 11.7. The number of benzene rings is 1. The maximum atomic E-state index is 11.7. The van der Waals surface area contributed by atoms with Crippen molar-refractivity contribution in [3.63, 3.8) is 0 Å². The number of nitrogen functional groups attached to an aromatic ring is 1. The fourth-order valence-electron chi connectivity index (χ4n) is 1.41. The molecule has 0 atom stereocenters. The van der Waals surface area contributed by atoms with Gasteiger partial charge in [0.25, 0.3) is 0 Å². The quantitative estimate of drug-likeness (QED) is 0.814. The molecule has 0 aromatic heterocycles. The first kappa shape index (κ1) is 11.5. The van der Waals surface area contributed by atoms with Crippen LogP contribution in [0.5, 0.6) is 0 Å². The summed E-state index contributed by atoms with van der Waals surface area (Å²) in [6.45, 7) is 0. The van der Waals surface area contributed by atoms with Crippen LogP contribution in [0, 0.1) is 5.92 Å². The third-order valence-electron chi connectivity index (χ3n) is 2.43. The molecule has 0 spiro atoms. The molecule has 1 saturated carbocycles. The summed E-state index contributed by atoms with van der Waals surface area (Å²) >= 11 is 5.80. The van der Waals surface area contributed by atoms with Crippen LogP contribution in [-0.2, 0) is 10.0 Å². The minimum absolute atomic E-state index is 0.189. The van der Waals surface area contributed by atoms with Crippen molar-refractivity contribution < 1.29 is 8.42 Å². The van der Waals surface area contributed by atoms with Crippen molar-refractivity contribution in [2.24, 2.45) is 5.92 Å². The lowest BCUT2D eigenvalue weighted by Gasteiger charge is -2.08. The molecule has 0 saturated heterocycles. The van der Waals surface area contributed by atoms with Gasteiger partial charge < -0.3 is 5.73 Å². The maximum Gasteiger partial charge on any atom is 0.232 e. The number of nitrogens with two attached hydrogens (primary N) is 1. The smallest absolute Gasteiger partial charge is 0.232 e. The summed E-state index contributed by atoms with van der Waals surface area (Å²) < 4.78 is 25.8. The van der Waals surface area contributed by atoms with Gasteiger partial charge in [-0.1, -0.05) is 11.6 Å². The van der Waals surface area contributed by atoms with Gasteiger partial charge in [0.05, 0.1) is 22.2 Å². The Balaban J connectivity index is 2.10. The molecular formula is C10H13ClN2O2S. The number of rotatable bonds is 4. The first-order chi connectivity index (χ1) is 7.46. The van der Waals surface area contributed by atoms with E-state index in [-0.39, 0.29) is 5.75 Å². The Labute approximate surface area is 99.8 Å². The predicted octanol–water partition coefficient (Wildman–Crippen LogP) is 2.07. The standard InChI is InChI=1S/C10H13ClN2O2S/c11-9-5-8(3-4-10(9)12)13-16(14,15)6-7-1-2-7/h3-5,7,13H,1-2,6,12H2. The first-order valence-electron chi connectivity index (χ1n) is 5.02. The zero-order chi connectivity index (χ0) is 11.8. The highest BCUT2D eigenvalue weighted by atomic mass is 35.5. The molecule has 16 heavy (non-hydrogen) atoms. The van der Waals surface area contributed by atoms with Crippen molar-refractivity contribution in [3.05, 3.63) is 23.2 Å². The van der Waals surface area contributed by atoms with Crippen LogP contribution in [0.1, 0.15) is 12.8 Å². The van der Waals surface area contributed by atoms with Gasteiger partial charge in [0.1, 0.15) is 0 Å². The number of nitrogens with one attached hydrogen (secondary N) is 1. The van der Waals surface area contributed by atoms with E-state index in [1.165, 1.54) is 6.07 Å². The summed E-state index contributed by atoms with van der Waals surface area (Å²) in [5.74, 6) is 0.511. The van der Waals surface area contributed by atoms with Crippen molar-refractivity contribution in [2.75, 3.05) is 16.2 Å². The number of halogens is 1.